The van der Waals surface area contributed by atoms with E-state index in [2.05, 4.69) is 17.3 Å². The maximum absolute atomic E-state index is 5.72. The second kappa shape index (κ2) is 5.83. The summed E-state index contributed by atoms with van der Waals surface area (Å²) >= 11 is 0. The van der Waals surface area contributed by atoms with Crippen LogP contribution in [0.15, 0.2) is 0 Å². The van der Waals surface area contributed by atoms with Crippen molar-refractivity contribution in [3.63, 3.8) is 0 Å². The molecule has 1 saturated carbocycles. The van der Waals surface area contributed by atoms with Crippen molar-refractivity contribution >= 4 is 0 Å². The molecule has 1 aliphatic heterocycles. The number of nitrogens with zero attached hydrogens (tertiary/aromatic N) is 1. The number of likely N-dealkylation sites (N-methyl/N-ethyl adjacent to an activating group) is 1. The SMILES string of the molecule is CN1CCCCC1COCCNC1CC1. The highest BCUT2D eigenvalue weighted by molar-refractivity contribution is 4.80. The molecule has 0 spiro atoms. The molecule has 1 aliphatic carbocycles. The van der Waals surface area contributed by atoms with Crippen LogP contribution in [-0.2, 0) is 4.74 Å². The molecule has 1 N–H and O–H groups in total. The molecule has 2 rings (SSSR count). The Morgan fingerprint density at radius 3 is 2.87 bits per heavy atom. The van der Waals surface area contributed by atoms with Gasteiger partial charge in [0.25, 0.3) is 0 Å². The molecule has 0 radical (unpaired) electrons. The summed E-state index contributed by atoms with van der Waals surface area (Å²) in [4.78, 5) is 2.44. The highest BCUT2D eigenvalue weighted by atomic mass is 16.5. The highest BCUT2D eigenvalue weighted by Gasteiger charge is 2.20. The minimum Gasteiger partial charge on any atom is -0.379 e. The first-order valence-electron chi connectivity index (χ1n) is 6.37. The van der Waals surface area contributed by atoms with Crippen molar-refractivity contribution in [1.29, 1.82) is 0 Å². The Labute approximate surface area is 93.2 Å². The summed E-state index contributed by atoms with van der Waals surface area (Å²) in [6.07, 6.45) is 6.78. The summed E-state index contributed by atoms with van der Waals surface area (Å²) in [6, 6.07) is 1.48. The Bertz CT molecular complexity index is 182. The van der Waals surface area contributed by atoms with Crippen LogP contribution in [0, 0.1) is 0 Å². The monoisotopic (exact) mass is 212 g/mol. The fourth-order valence-corrected chi connectivity index (χ4v) is 2.20. The van der Waals surface area contributed by atoms with Crippen LogP contribution in [0.5, 0.6) is 0 Å². The summed E-state index contributed by atoms with van der Waals surface area (Å²) in [5.41, 5.74) is 0. The van der Waals surface area contributed by atoms with E-state index in [4.69, 9.17) is 4.74 Å². The number of likely N-dealkylation sites (tertiary alicyclic amines) is 1. The fraction of sp³-hybridized carbons (Fsp3) is 1.00. The summed E-state index contributed by atoms with van der Waals surface area (Å²) in [7, 11) is 2.22. The summed E-state index contributed by atoms with van der Waals surface area (Å²) < 4.78 is 5.72. The van der Waals surface area contributed by atoms with Crippen LogP contribution in [0.25, 0.3) is 0 Å². The first-order chi connectivity index (χ1) is 7.36. The van der Waals surface area contributed by atoms with Gasteiger partial charge in [-0.2, -0.15) is 0 Å². The molecule has 0 aromatic heterocycles. The largest absolute Gasteiger partial charge is 0.379 e. The van der Waals surface area contributed by atoms with E-state index in [1.54, 1.807) is 0 Å². The van der Waals surface area contributed by atoms with E-state index in [0.717, 1.165) is 25.8 Å². The van der Waals surface area contributed by atoms with Crippen molar-refractivity contribution in [2.24, 2.45) is 0 Å². The van der Waals surface area contributed by atoms with Crippen molar-refractivity contribution < 1.29 is 4.74 Å². The predicted molar refractivity (Wildman–Crippen MR) is 62.1 cm³/mol. The molecule has 1 heterocycles. The second-order valence-electron chi connectivity index (χ2n) is 4.93. The lowest BCUT2D eigenvalue weighted by molar-refractivity contribution is 0.0542. The van der Waals surface area contributed by atoms with Crippen molar-refractivity contribution in [1.82, 2.24) is 10.2 Å². The van der Waals surface area contributed by atoms with Crippen LogP contribution in [-0.4, -0.2) is 50.3 Å². The Morgan fingerprint density at radius 1 is 1.27 bits per heavy atom. The number of nitrogens with one attached hydrogen (secondary N) is 1. The zero-order chi connectivity index (χ0) is 10.5. The van der Waals surface area contributed by atoms with E-state index >= 15 is 0 Å². The molecule has 1 saturated heterocycles. The average Bonchev–Trinajstić information content (AvgIpc) is 3.04. The van der Waals surface area contributed by atoms with Crippen LogP contribution in [0.3, 0.4) is 0 Å². The van der Waals surface area contributed by atoms with Crippen LogP contribution in [0.2, 0.25) is 0 Å². The third-order valence-electron chi connectivity index (χ3n) is 3.49. The Morgan fingerprint density at radius 2 is 2.13 bits per heavy atom. The van der Waals surface area contributed by atoms with E-state index in [1.807, 2.05) is 0 Å². The average molecular weight is 212 g/mol. The lowest BCUT2D eigenvalue weighted by atomic mass is 10.0. The summed E-state index contributed by atoms with van der Waals surface area (Å²) in [6.45, 7) is 4.07. The molecule has 3 heteroatoms. The topological polar surface area (TPSA) is 24.5 Å². The molecule has 0 aromatic rings. The van der Waals surface area contributed by atoms with Gasteiger partial charge in [-0.15, -0.1) is 0 Å². The van der Waals surface area contributed by atoms with Crippen molar-refractivity contribution in [3.8, 4) is 0 Å². The van der Waals surface area contributed by atoms with Crippen molar-refractivity contribution in [2.45, 2.75) is 44.2 Å². The third-order valence-corrected chi connectivity index (χ3v) is 3.49. The molecular formula is C12H24N2O. The van der Waals surface area contributed by atoms with Gasteiger partial charge in [-0.05, 0) is 39.3 Å². The zero-order valence-corrected chi connectivity index (χ0v) is 9.87. The van der Waals surface area contributed by atoms with E-state index in [1.165, 1.54) is 38.6 Å². The Balaban J connectivity index is 1.48. The maximum Gasteiger partial charge on any atom is 0.0622 e. The zero-order valence-electron chi connectivity index (χ0n) is 9.87. The molecule has 2 aliphatic rings. The van der Waals surface area contributed by atoms with Gasteiger partial charge in [0.1, 0.15) is 0 Å². The quantitative estimate of drug-likeness (QED) is 0.670. The van der Waals surface area contributed by atoms with Crippen LogP contribution >= 0.6 is 0 Å². The predicted octanol–water partition coefficient (Wildman–Crippen LogP) is 1.24. The van der Waals surface area contributed by atoms with Gasteiger partial charge in [0.2, 0.25) is 0 Å². The van der Waals surface area contributed by atoms with E-state index in [9.17, 15) is 0 Å². The van der Waals surface area contributed by atoms with Crippen LogP contribution in [0.1, 0.15) is 32.1 Å². The van der Waals surface area contributed by atoms with Gasteiger partial charge in [0.15, 0.2) is 0 Å². The molecule has 88 valence electrons. The number of ether oxygens (including phenoxy) is 1. The minimum atomic E-state index is 0.666. The molecular weight excluding hydrogens is 188 g/mol. The van der Waals surface area contributed by atoms with Gasteiger partial charge < -0.3 is 15.0 Å². The second-order valence-corrected chi connectivity index (χ2v) is 4.93. The van der Waals surface area contributed by atoms with Gasteiger partial charge >= 0.3 is 0 Å². The minimum absolute atomic E-state index is 0.666. The first kappa shape index (κ1) is 11.4. The van der Waals surface area contributed by atoms with E-state index in [0.29, 0.717) is 6.04 Å². The third kappa shape index (κ3) is 4.09. The van der Waals surface area contributed by atoms with E-state index in [-0.39, 0.29) is 0 Å². The Hall–Kier alpha value is -0.120. The summed E-state index contributed by atoms with van der Waals surface area (Å²) in [5.74, 6) is 0. The molecule has 1 atom stereocenters. The smallest absolute Gasteiger partial charge is 0.0622 e. The van der Waals surface area contributed by atoms with Crippen molar-refractivity contribution in [2.75, 3.05) is 33.4 Å². The van der Waals surface area contributed by atoms with Crippen LogP contribution in [0.4, 0.5) is 0 Å². The van der Waals surface area contributed by atoms with Crippen LogP contribution < -0.4 is 5.32 Å². The van der Waals surface area contributed by atoms with Gasteiger partial charge in [-0.3, -0.25) is 0 Å². The molecule has 1 unspecified atom stereocenters. The highest BCUT2D eigenvalue weighted by Crippen LogP contribution is 2.18. The molecule has 0 amide bonds. The molecule has 3 nitrogen and oxygen atoms in total. The lowest BCUT2D eigenvalue weighted by Gasteiger charge is -2.32. The molecule has 0 aromatic carbocycles. The standard InChI is InChI=1S/C12H24N2O/c1-14-8-3-2-4-12(14)10-15-9-7-13-11-5-6-11/h11-13H,2-10H2,1H3. The van der Waals surface area contributed by atoms with E-state index < -0.39 is 0 Å². The number of hydrogen-bond donors (Lipinski definition) is 1. The first-order valence-corrected chi connectivity index (χ1v) is 6.37. The molecule has 2 fully saturated rings. The number of piperidine rings is 1. The lowest BCUT2D eigenvalue weighted by Crippen LogP contribution is -2.39. The maximum atomic E-state index is 5.72. The number of rotatable bonds is 6. The molecule has 15 heavy (non-hydrogen) atoms. The normalized spacial score (nSPS) is 28.2. The van der Waals surface area contributed by atoms with Gasteiger partial charge in [0, 0.05) is 18.6 Å². The number of hydrogen-bond acceptors (Lipinski definition) is 3. The van der Waals surface area contributed by atoms with Gasteiger partial charge in [-0.1, -0.05) is 6.42 Å². The van der Waals surface area contributed by atoms with Gasteiger partial charge in [0.05, 0.1) is 13.2 Å². The Kier molecular flexibility index (Phi) is 4.42. The van der Waals surface area contributed by atoms with Gasteiger partial charge in [-0.25, -0.2) is 0 Å². The fourth-order valence-electron chi connectivity index (χ4n) is 2.20. The van der Waals surface area contributed by atoms with Crippen molar-refractivity contribution in [3.05, 3.63) is 0 Å². The summed E-state index contributed by atoms with van der Waals surface area (Å²) in [5, 5.41) is 3.47. The molecule has 0 bridgehead atoms.